The molecule has 1 aromatic carbocycles. The lowest BCUT2D eigenvalue weighted by molar-refractivity contribution is -0.137. The fourth-order valence-electron chi connectivity index (χ4n) is 2.77. The van der Waals surface area contributed by atoms with E-state index in [1.54, 1.807) is 11.8 Å². The van der Waals surface area contributed by atoms with E-state index < -0.39 is 11.7 Å². The molecule has 7 nitrogen and oxygen atoms in total. The van der Waals surface area contributed by atoms with Crippen LogP contribution < -0.4 is 0 Å². The van der Waals surface area contributed by atoms with Gasteiger partial charge in [-0.1, -0.05) is 17.3 Å². The maximum atomic E-state index is 12.8. The first-order valence-electron chi connectivity index (χ1n) is 8.51. The molecule has 2 aromatic rings. The summed E-state index contributed by atoms with van der Waals surface area (Å²) < 4.78 is 48.6. The summed E-state index contributed by atoms with van der Waals surface area (Å²) in [6.07, 6.45) is -4.76. The zero-order valence-electron chi connectivity index (χ0n) is 14.7. The molecule has 0 bridgehead atoms. The van der Waals surface area contributed by atoms with Crippen molar-refractivity contribution in [2.45, 2.75) is 19.6 Å². The minimum Gasteiger partial charge on any atom is -0.450 e. The molecule has 1 amide bonds. The molecule has 2 heterocycles. The molecule has 1 fully saturated rings. The highest BCUT2D eigenvalue weighted by atomic mass is 19.4. The molecule has 0 spiro atoms. The van der Waals surface area contributed by atoms with Crippen molar-refractivity contribution in [1.82, 2.24) is 19.9 Å². The van der Waals surface area contributed by atoms with Gasteiger partial charge in [0.25, 0.3) is 0 Å². The number of carbonyl (C=O) groups excluding carboxylic acids is 1. The number of benzene rings is 1. The zero-order valence-corrected chi connectivity index (χ0v) is 14.7. The number of amides is 1. The van der Waals surface area contributed by atoms with Crippen LogP contribution in [0.1, 0.15) is 18.4 Å². The quantitative estimate of drug-likeness (QED) is 0.807. The molecule has 1 aliphatic heterocycles. The average Bonchev–Trinajstić information content (AvgIpc) is 3.10. The largest absolute Gasteiger partial charge is 0.450 e. The molecule has 1 aliphatic rings. The lowest BCUT2D eigenvalue weighted by Crippen LogP contribution is -2.48. The number of rotatable bonds is 4. The molecule has 0 unspecified atom stereocenters. The second-order valence-corrected chi connectivity index (χ2v) is 6.05. The Morgan fingerprint density at radius 3 is 2.67 bits per heavy atom. The SMILES string of the molecule is CCOC(=O)N1CCN(Cc2nc(-c3cccc(C(F)(F)F)c3)no2)CC1. The molecule has 27 heavy (non-hydrogen) atoms. The first-order chi connectivity index (χ1) is 12.9. The van der Waals surface area contributed by atoms with Crippen LogP contribution in [0.4, 0.5) is 18.0 Å². The van der Waals surface area contributed by atoms with E-state index in [9.17, 15) is 18.0 Å². The van der Waals surface area contributed by atoms with Gasteiger partial charge in [0.2, 0.25) is 11.7 Å². The van der Waals surface area contributed by atoms with Crippen LogP contribution >= 0.6 is 0 Å². The fourth-order valence-corrected chi connectivity index (χ4v) is 2.77. The summed E-state index contributed by atoms with van der Waals surface area (Å²) in [6, 6.07) is 4.80. The normalized spacial score (nSPS) is 15.8. The van der Waals surface area contributed by atoms with Gasteiger partial charge in [-0.05, 0) is 19.1 Å². The first kappa shape index (κ1) is 19.2. The summed E-state index contributed by atoms with van der Waals surface area (Å²) in [5.41, 5.74) is -0.520. The van der Waals surface area contributed by atoms with E-state index >= 15 is 0 Å². The highest BCUT2D eigenvalue weighted by Crippen LogP contribution is 2.31. The van der Waals surface area contributed by atoms with Crippen molar-refractivity contribution in [3.63, 3.8) is 0 Å². The summed E-state index contributed by atoms with van der Waals surface area (Å²) in [4.78, 5) is 19.5. The third kappa shape index (κ3) is 4.76. The Bertz CT molecular complexity index is 786. The molecule has 0 radical (unpaired) electrons. The number of halogens is 3. The molecule has 0 saturated carbocycles. The Morgan fingerprint density at radius 2 is 2.00 bits per heavy atom. The van der Waals surface area contributed by atoms with Gasteiger partial charge in [-0.15, -0.1) is 0 Å². The van der Waals surface area contributed by atoms with Gasteiger partial charge in [0.05, 0.1) is 18.7 Å². The summed E-state index contributed by atoms with van der Waals surface area (Å²) in [5.74, 6) is 0.424. The Kier molecular flexibility index (Phi) is 5.64. The van der Waals surface area contributed by atoms with Crippen LogP contribution in [0.3, 0.4) is 0 Å². The second-order valence-electron chi connectivity index (χ2n) is 6.05. The monoisotopic (exact) mass is 384 g/mol. The van der Waals surface area contributed by atoms with Crippen LogP contribution in [0.15, 0.2) is 28.8 Å². The number of ether oxygens (including phenoxy) is 1. The van der Waals surface area contributed by atoms with Crippen molar-refractivity contribution in [3.8, 4) is 11.4 Å². The Hall–Kier alpha value is -2.62. The van der Waals surface area contributed by atoms with Crippen LogP contribution in [0.5, 0.6) is 0 Å². The van der Waals surface area contributed by atoms with Crippen molar-refractivity contribution in [1.29, 1.82) is 0 Å². The van der Waals surface area contributed by atoms with Crippen molar-refractivity contribution < 1.29 is 27.2 Å². The molecule has 1 aromatic heterocycles. The van der Waals surface area contributed by atoms with Crippen LogP contribution in [-0.2, 0) is 17.5 Å². The van der Waals surface area contributed by atoms with E-state index in [0.29, 0.717) is 45.2 Å². The predicted octanol–water partition coefficient (Wildman–Crippen LogP) is 3.03. The van der Waals surface area contributed by atoms with Gasteiger partial charge in [-0.3, -0.25) is 4.90 Å². The lowest BCUT2D eigenvalue weighted by Gasteiger charge is -2.33. The lowest BCUT2D eigenvalue weighted by atomic mass is 10.1. The first-order valence-corrected chi connectivity index (χ1v) is 8.51. The fraction of sp³-hybridized carbons (Fsp3) is 0.471. The maximum Gasteiger partial charge on any atom is 0.416 e. The van der Waals surface area contributed by atoms with Crippen molar-refractivity contribution in [2.75, 3.05) is 32.8 Å². The minimum absolute atomic E-state index is 0.112. The molecular formula is C17H19F3N4O3. The number of aromatic nitrogens is 2. The van der Waals surface area contributed by atoms with Crippen molar-refractivity contribution in [3.05, 3.63) is 35.7 Å². The highest BCUT2D eigenvalue weighted by molar-refractivity contribution is 5.67. The number of hydrogen-bond acceptors (Lipinski definition) is 6. The number of hydrogen-bond donors (Lipinski definition) is 0. The van der Waals surface area contributed by atoms with Gasteiger partial charge >= 0.3 is 12.3 Å². The van der Waals surface area contributed by atoms with Crippen molar-refractivity contribution in [2.24, 2.45) is 0 Å². The third-order valence-corrected chi connectivity index (χ3v) is 4.17. The molecule has 0 N–H and O–H groups in total. The van der Waals surface area contributed by atoms with Crippen LogP contribution in [0.2, 0.25) is 0 Å². The molecule has 0 aliphatic carbocycles. The summed E-state index contributed by atoms with van der Waals surface area (Å²) in [6.45, 7) is 4.72. The molecular weight excluding hydrogens is 365 g/mol. The molecule has 0 atom stereocenters. The topological polar surface area (TPSA) is 71.7 Å². The third-order valence-electron chi connectivity index (χ3n) is 4.17. The van der Waals surface area contributed by atoms with E-state index in [0.717, 1.165) is 12.1 Å². The maximum absolute atomic E-state index is 12.8. The zero-order chi connectivity index (χ0) is 19.4. The van der Waals surface area contributed by atoms with Gasteiger partial charge < -0.3 is 14.2 Å². The Labute approximate surface area is 153 Å². The standard InChI is InChI=1S/C17H19F3N4O3/c1-2-26-16(25)24-8-6-23(7-9-24)11-14-21-15(22-27-14)12-4-3-5-13(10-12)17(18,19)20/h3-5,10H,2,6-9,11H2,1H3. The van der Waals surface area contributed by atoms with E-state index in [4.69, 9.17) is 9.26 Å². The predicted molar refractivity (Wildman–Crippen MR) is 88.6 cm³/mol. The van der Waals surface area contributed by atoms with Crippen LogP contribution in [-0.4, -0.2) is 58.8 Å². The average molecular weight is 384 g/mol. The molecule has 146 valence electrons. The van der Waals surface area contributed by atoms with Gasteiger partial charge in [0.15, 0.2) is 0 Å². The van der Waals surface area contributed by atoms with E-state index in [-0.39, 0.29) is 17.5 Å². The molecule has 1 saturated heterocycles. The number of nitrogens with zero attached hydrogens (tertiary/aromatic N) is 4. The smallest absolute Gasteiger partial charge is 0.416 e. The van der Waals surface area contributed by atoms with Gasteiger partial charge in [-0.25, -0.2) is 4.79 Å². The van der Waals surface area contributed by atoms with Crippen LogP contribution in [0.25, 0.3) is 11.4 Å². The number of alkyl halides is 3. The minimum atomic E-state index is -4.43. The second kappa shape index (κ2) is 7.95. The van der Waals surface area contributed by atoms with Gasteiger partial charge in [0, 0.05) is 31.7 Å². The van der Waals surface area contributed by atoms with Crippen molar-refractivity contribution >= 4 is 6.09 Å². The highest BCUT2D eigenvalue weighted by Gasteiger charge is 2.31. The number of piperazine rings is 1. The van der Waals surface area contributed by atoms with E-state index in [1.165, 1.54) is 12.1 Å². The van der Waals surface area contributed by atoms with E-state index in [1.807, 2.05) is 4.90 Å². The van der Waals surface area contributed by atoms with E-state index in [2.05, 4.69) is 10.1 Å². The Balaban J connectivity index is 1.60. The van der Waals surface area contributed by atoms with Gasteiger partial charge in [-0.2, -0.15) is 18.2 Å². The molecule has 10 heteroatoms. The van der Waals surface area contributed by atoms with Gasteiger partial charge in [0.1, 0.15) is 0 Å². The van der Waals surface area contributed by atoms with Crippen LogP contribution in [0, 0.1) is 0 Å². The summed E-state index contributed by atoms with van der Waals surface area (Å²) >= 11 is 0. The summed E-state index contributed by atoms with van der Waals surface area (Å²) in [5, 5.41) is 3.78. The number of carbonyl (C=O) groups is 1. The Morgan fingerprint density at radius 1 is 1.26 bits per heavy atom. The summed E-state index contributed by atoms with van der Waals surface area (Å²) in [7, 11) is 0. The molecule has 3 rings (SSSR count).